The molecule has 0 fully saturated rings. The van der Waals surface area contributed by atoms with Crippen LogP contribution >= 0.6 is 0 Å². The molecule has 0 saturated heterocycles. The van der Waals surface area contributed by atoms with Gasteiger partial charge in [0.25, 0.3) is 0 Å². The first-order chi connectivity index (χ1) is 10.7. The van der Waals surface area contributed by atoms with E-state index in [9.17, 15) is 5.26 Å². The standard InChI is InChI=1S/C17H16N4O/c1-3-13-7-14(22-21-13)10-20-17-12(8-18)9-19-16-11(2)5-4-6-15(16)17/h4-7,9H,3,10H2,1-2H3,(H,19,20). The molecule has 1 aromatic carbocycles. The Morgan fingerprint density at radius 3 is 2.95 bits per heavy atom. The maximum absolute atomic E-state index is 9.32. The summed E-state index contributed by atoms with van der Waals surface area (Å²) in [5, 5.41) is 17.5. The topological polar surface area (TPSA) is 74.7 Å². The van der Waals surface area contributed by atoms with Crippen molar-refractivity contribution in [3.05, 3.63) is 53.0 Å². The Bertz CT molecular complexity index is 861. The summed E-state index contributed by atoms with van der Waals surface area (Å²) in [5.74, 6) is 0.748. The minimum Gasteiger partial charge on any atom is -0.376 e. The number of pyridine rings is 1. The van der Waals surface area contributed by atoms with E-state index in [0.717, 1.165) is 40.0 Å². The number of aryl methyl sites for hydroxylation is 2. The fourth-order valence-corrected chi connectivity index (χ4v) is 2.43. The second-order valence-electron chi connectivity index (χ2n) is 5.12. The zero-order valence-corrected chi connectivity index (χ0v) is 12.6. The second-order valence-corrected chi connectivity index (χ2v) is 5.12. The van der Waals surface area contributed by atoms with Crippen molar-refractivity contribution in [2.75, 3.05) is 5.32 Å². The van der Waals surface area contributed by atoms with Crippen molar-refractivity contribution in [1.82, 2.24) is 10.1 Å². The molecule has 3 rings (SSSR count). The van der Waals surface area contributed by atoms with Crippen molar-refractivity contribution in [2.45, 2.75) is 26.8 Å². The number of anilines is 1. The maximum Gasteiger partial charge on any atom is 0.156 e. The molecule has 2 aromatic heterocycles. The molecule has 3 aromatic rings. The average molecular weight is 292 g/mol. The van der Waals surface area contributed by atoms with Crippen molar-refractivity contribution in [3.8, 4) is 6.07 Å². The van der Waals surface area contributed by atoms with Gasteiger partial charge in [0.15, 0.2) is 5.76 Å². The molecule has 0 amide bonds. The van der Waals surface area contributed by atoms with Gasteiger partial charge in [0, 0.05) is 17.6 Å². The molecule has 5 heteroatoms. The Hall–Kier alpha value is -2.87. The molecule has 0 radical (unpaired) electrons. The number of nitriles is 1. The first-order valence-electron chi connectivity index (χ1n) is 7.19. The van der Waals surface area contributed by atoms with Crippen LogP contribution < -0.4 is 5.32 Å². The number of hydrogen-bond acceptors (Lipinski definition) is 5. The predicted octanol–water partition coefficient (Wildman–Crippen LogP) is 3.58. The van der Waals surface area contributed by atoms with Crippen LogP contribution in [0.15, 0.2) is 35.0 Å². The maximum atomic E-state index is 9.32. The zero-order chi connectivity index (χ0) is 15.5. The van der Waals surface area contributed by atoms with Crippen LogP contribution in [0.4, 0.5) is 5.69 Å². The highest BCUT2D eigenvalue weighted by atomic mass is 16.5. The molecule has 0 aliphatic heterocycles. The number of rotatable bonds is 4. The predicted molar refractivity (Wildman–Crippen MR) is 84.4 cm³/mol. The molecule has 0 aliphatic rings. The fraction of sp³-hybridized carbons (Fsp3) is 0.235. The van der Waals surface area contributed by atoms with Gasteiger partial charge in [0.1, 0.15) is 6.07 Å². The zero-order valence-electron chi connectivity index (χ0n) is 12.6. The van der Waals surface area contributed by atoms with Crippen LogP contribution in [0.1, 0.15) is 29.5 Å². The molecule has 0 bridgehead atoms. The highest BCUT2D eigenvalue weighted by Gasteiger charge is 2.11. The van der Waals surface area contributed by atoms with Gasteiger partial charge in [-0.05, 0) is 18.9 Å². The highest BCUT2D eigenvalue weighted by molar-refractivity contribution is 5.95. The molecule has 5 nitrogen and oxygen atoms in total. The van der Waals surface area contributed by atoms with E-state index in [4.69, 9.17) is 4.52 Å². The highest BCUT2D eigenvalue weighted by Crippen LogP contribution is 2.27. The molecule has 2 heterocycles. The molecule has 1 N–H and O–H groups in total. The summed E-state index contributed by atoms with van der Waals surface area (Å²) >= 11 is 0. The number of hydrogen-bond donors (Lipinski definition) is 1. The van der Waals surface area contributed by atoms with Gasteiger partial charge in [0.05, 0.1) is 29.0 Å². The van der Waals surface area contributed by atoms with Gasteiger partial charge in [-0.25, -0.2) is 0 Å². The largest absolute Gasteiger partial charge is 0.376 e. The van der Waals surface area contributed by atoms with Crippen LogP contribution in [0.2, 0.25) is 0 Å². The normalized spacial score (nSPS) is 10.6. The summed E-state index contributed by atoms with van der Waals surface area (Å²) in [4.78, 5) is 4.39. The number of fused-ring (bicyclic) bond motifs is 1. The van der Waals surface area contributed by atoms with Gasteiger partial charge in [-0.1, -0.05) is 30.3 Å². The van der Waals surface area contributed by atoms with E-state index < -0.39 is 0 Å². The van der Waals surface area contributed by atoms with Gasteiger partial charge in [-0.2, -0.15) is 5.26 Å². The van der Waals surface area contributed by atoms with E-state index in [-0.39, 0.29) is 0 Å². The SMILES string of the molecule is CCc1cc(CNc2c(C#N)cnc3c(C)cccc23)on1. The monoisotopic (exact) mass is 292 g/mol. The van der Waals surface area contributed by atoms with E-state index >= 15 is 0 Å². The summed E-state index contributed by atoms with van der Waals surface area (Å²) in [5.41, 5.74) is 4.21. The van der Waals surface area contributed by atoms with E-state index in [2.05, 4.69) is 21.5 Å². The smallest absolute Gasteiger partial charge is 0.156 e. The van der Waals surface area contributed by atoms with Crippen LogP contribution in [0, 0.1) is 18.3 Å². The third-order valence-electron chi connectivity index (χ3n) is 3.63. The lowest BCUT2D eigenvalue weighted by Crippen LogP contribution is -2.02. The van der Waals surface area contributed by atoms with Crippen molar-refractivity contribution in [2.24, 2.45) is 0 Å². The summed E-state index contributed by atoms with van der Waals surface area (Å²) in [6.07, 6.45) is 2.44. The Morgan fingerprint density at radius 2 is 2.23 bits per heavy atom. The molecule has 0 atom stereocenters. The van der Waals surface area contributed by atoms with Gasteiger partial charge in [-0.15, -0.1) is 0 Å². The lowest BCUT2D eigenvalue weighted by atomic mass is 10.1. The molecule has 110 valence electrons. The number of benzene rings is 1. The number of nitrogens with zero attached hydrogens (tertiary/aromatic N) is 3. The van der Waals surface area contributed by atoms with E-state index in [1.807, 2.05) is 38.1 Å². The van der Waals surface area contributed by atoms with Crippen molar-refractivity contribution >= 4 is 16.6 Å². The second kappa shape index (κ2) is 5.86. The Kier molecular flexibility index (Phi) is 3.75. The van der Waals surface area contributed by atoms with Crippen LogP contribution in [-0.4, -0.2) is 10.1 Å². The average Bonchev–Trinajstić information content (AvgIpc) is 3.01. The summed E-state index contributed by atoms with van der Waals surface area (Å²) < 4.78 is 5.28. The van der Waals surface area contributed by atoms with Gasteiger partial charge in [0.2, 0.25) is 0 Å². The van der Waals surface area contributed by atoms with Crippen LogP contribution in [0.3, 0.4) is 0 Å². The lowest BCUT2D eigenvalue weighted by Gasteiger charge is -2.11. The Labute approximate surface area is 128 Å². The van der Waals surface area contributed by atoms with Crippen molar-refractivity contribution < 1.29 is 4.52 Å². The van der Waals surface area contributed by atoms with Gasteiger partial charge < -0.3 is 9.84 Å². The molecule has 0 unspecified atom stereocenters. The Morgan fingerprint density at radius 1 is 1.36 bits per heavy atom. The molecule has 22 heavy (non-hydrogen) atoms. The number of para-hydroxylation sites is 1. The third kappa shape index (κ3) is 2.51. The summed E-state index contributed by atoms with van der Waals surface area (Å²) in [6.45, 7) is 4.52. The number of aromatic nitrogens is 2. The third-order valence-corrected chi connectivity index (χ3v) is 3.63. The number of nitrogens with one attached hydrogen (secondary N) is 1. The van der Waals surface area contributed by atoms with Crippen molar-refractivity contribution in [3.63, 3.8) is 0 Å². The van der Waals surface area contributed by atoms with Gasteiger partial charge >= 0.3 is 0 Å². The van der Waals surface area contributed by atoms with Crippen LogP contribution in [0.5, 0.6) is 0 Å². The van der Waals surface area contributed by atoms with E-state index in [1.54, 1.807) is 6.20 Å². The van der Waals surface area contributed by atoms with Crippen LogP contribution in [0.25, 0.3) is 10.9 Å². The first kappa shape index (κ1) is 14.1. The van der Waals surface area contributed by atoms with E-state index in [1.165, 1.54) is 0 Å². The van der Waals surface area contributed by atoms with E-state index in [0.29, 0.717) is 12.1 Å². The van der Waals surface area contributed by atoms with Gasteiger partial charge in [-0.3, -0.25) is 4.98 Å². The Balaban J connectivity index is 1.98. The first-order valence-corrected chi connectivity index (χ1v) is 7.19. The molecule has 0 aliphatic carbocycles. The molecular weight excluding hydrogens is 276 g/mol. The molecular formula is C17H16N4O. The fourth-order valence-electron chi connectivity index (χ4n) is 2.43. The molecule has 0 spiro atoms. The lowest BCUT2D eigenvalue weighted by molar-refractivity contribution is 0.382. The minimum absolute atomic E-state index is 0.481. The van der Waals surface area contributed by atoms with Crippen LogP contribution in [-0.2, 0) is 13.0 Å². The van der Waals surface area contributed by atoms with Crippen molar-refractivity contribution in [1.29, 1.82) is 5.26 Å². The summed E-state index contributed by atoms with van der Waals surface area (Å²) in [6, 6.07) is 10.1. The molecule has 0 saturated carbocycles. The quantitative estimate of drug-likeness (QED) is 0.795. The summed E-state index contributed by atoms with van der Waals surface area (Å²) in [7, 11) is 0. The minimum atomic E-state index is 0.481.